The first-order valence-corrected chi connectivity index (χ1v) is 5.00. The zero-order valence-corrected chi connectivity index (χ0v) is 8.64. The van der Waals surface area contributed by atoms with Gasteiger partial charge in [-0.1, -0.05) is 19.8 Å². The molecule has 0 saturated heterocycles. The van der Waals surface area contributed by atoms with Crippen molar-refractivity contribution in [3.63, 3.8) is 0 Å². The second-order valence-corrected chi connectivity index (χ2v) is 3.05. The Morgan fingerprint density at radius 2 is 1.92 bits per heavy atom. The normalized spacial score (nSPS) is 13.2. The average Bonchev–Trinajstić information content (AvgIpc) is 2.05. The van der Waals surface area contributed by atoms with E-state index in [-0.39, 0.29) is 6.10 Å². The van der Waals surface area contributed by atoms with Crippen LogP contribution in [0.5, 0.6) is 0 Å². The zero-order valence-electron chi connectivity index (χ0n) is 8.64. The van der Waals surface area contributed by atoms with E-state index in [2.05, 4.69) is 6.92 Å². The summed E-state index contributed by atoms with van der Waals surface area (Å²) in [7, 11) is 0. The van der Waals surface area contributed by atoms with Crippen molar-refractivity contribution in [2.75, 3.05) is 19.8 Å². The summed E-state index contributed by atoms with van der Waals surface area (Å²) in [4.78, 5) is 0. The molecule has 0 aliphatic carbocycles. The van der Waals surface area contributed by atoms with Crippen molar-refractivity contribution in [2.24, 2.45) is 0 Å². The van der Waals surface area contributed by atoms with Crippen LogP contribution in [0.2, 0.25) is 0 Å². The summed E-state index contributed by atoms with van der Waals surface area (Å²) in [5, 5.41) is 0. The van der Waals surface area contributed by atoms with Crippen molar-refractivity contribution < 1.29 is 9.47 Å². The Morgan fingerprint density at radius 3 is 2.50 bits per heavy atom. The van der Waals surface area contributed by atoms with Gasteiger partial charge in [0.2, 0.25) is 0 Å². The molecule has 0 aromatic carbocycles. The summed E-state index contributed by atoms with van der Waals surface area (Å²) in [5.74, 6) is 0. The summed E-state index contributed by atoms with van der Waals surface area (Å²) in [6, 6.07) is 0. The quantitative estimate of drug-likeness (QED) is 0.527. The number of ether oxygens (including phenoxy) is 2. The second-order valence-electron chi connectivity index (χ2n) is 3.05. The first-order chi connectivity index (χ1) is 5.81. The predicted molar refractivity (Wildman–Crippen MR) is 51.4 cm³/mol. The van der Waals surface area contributed by atoms with Gasteiger partial charge < -0.3 is 9.47 Å². The monoisotopic (exact) mass is 174 g/mol. The molecule has 12 heavy (non-hydrogen) atoms. The molecule has 0 N–H and O–H groups in total. The minimum absolute atomic E-state index is 0.247. The summed E-state index contributed by atoms with van der Waals surface area (Å²) in [6.45, 7) is 8.64. The highest BCUT2D eigenvalue weighted by Gasteiger charge is 1.99. The van der Waals surface area contributed by atoms with Crippen molar-refractivity contribution in [2.45, 2.75) is 46.1 Å². The van der Waals surface area contributed by atoms with E-state index in [9.17, 15) is 0 Å². The van der Waals surface area contributed by atoms with Crippen LogP contribution < -0.4 is 0 Å². The molecule has 0 aromatic heterocycles. The molecule has 0 aromatic rings. The minimum atomic E-state index is 0.247. The van der Waals surface area contributed by atoms with E-state index < -0.39 is 0 Å². The van der Waals surface area contributed by atoms with Gasteiger partial charge in [-0.25, -0.2) is 0 Å². The van der Waals surface area contributed by atoms with Crippen LogP contribution in [0.1, 0.15) is 40.0 Å². The fourth-order valence-electron chi connectivity index (χ4n) is 1.04. The van der Waals surface area contributed by atoms with E-state index in [4.69, 9.17) is 9.47 Å². The summed E-state index contributed by atoms with van der Waals surface area (Å²) < 4.78 is 10.7. The van der Waals surface area contributed by atoms with Gasteiger partial charge in [0.15, 0.2) is 0 Å². The highest BCUT2D eigenvalue weighted by molar-refractivity contribution is 4.46. The van der Waals surface area contributed by atoms with Crippen LogP contribution in [-0.2, 0) is 9.47 Å². The Morgan fingerprint density at radius 1 is 1.17 bits per heavy atom. The fourth-order valence-corrected chi connectivity index (χ4v) is 1.04. The van der Waals surface area contributed by atoms with Gasteiger partial charge in [0, 0.05) is 13.2 Å². The van der Waals surface area contributed by atoms with Crippen LogP contribution in [0.15, 0.2) is 0 Å². The molecule has 0 rings (SSSR count). The molecule has 0 radical (unpaired) electrons. The maximum Gasteiger partial charge on any atom is 0.0780 e. The van der Waals surface area contributed by atoms with Crippen LogP contribution >= 0.6 is 0 Å². The van der Waals surface area contributed by atoms with E-state index in [1.807, 2.05) is 13.8 Å². The molecule has 0 aliphatic rings. The lowest BCUT2D eigenvalue weighted by molar-refractivity contribution is -0.00228. The lowest BCUT2D eigenvalue weighted by atomic mass is 10.3. The summed E-state index contributed by atoms with van der Waals surface area (Å²) >= 11 is 0. The lowest BCUT2D eigenvalue weighted by Gasteiger charge is -2.11. The predicted octanol–water partition coefficient (Wildman–Crippen LogP) is 2.62. The Hall–Kier alpha value is -0.0800. The number of hydrogen-bond donors (Lipinski definition) is 0. The molecule has 74 valence electrons. The zero-order chi connectivity index (χ0) is 9.23. The van der Waals surface area contributed by atoms with E-state index in [1.54, 1.807) is 0 Å². The Labute approximate surface area is 76.3 Å². The third kappa shape index (κ3) is 8.02. The van der Waals surface area contributed by atoms with Crippen LogP contribution in [-0.4, -0.2) is 25.9 Å². The standard InChI is InChI=1S/C10H22O2/c1-4-6-7-8-11-9-10(3)12-5-2/h10H,4-9H2,1-3H3. The number of hydrogen-bond acceptors (Lipinski definition) is 2. The smallest absolute Gasteiger partial charge is 0.0780 e. The first-order valence-electron chi connectivity index (χ1n) is 5.00. The van der Waals surface area contributed by atoms with Crippen molar-refractivity contribution in [1.29, 1.82) is 0 Å². The van der Waals surface area contributed by atoms with Crippen LogP contribution in [0, 0.1) is 0 Å². The van der Waals surface area contributed by atoms with E-state index in [0.717, 1.165) is 19.8 Å². The van der Waals surface area contributed by atoms with Gasteiger partial charge in [-0.2, -0.15) is 0 Å². The first kappa shape index (κ1) is 11.9. The van der Waals surface area contributed by atoms with E-state index >= 15 is 0 Å². The Bertz CT molecular complexity index is 83.9. The topological polar surface area (TPSA) is 18.5 Å². The molecule has 0 saturated carbocycles. The number of rotatable bonds is 8. The van der Waals surface area contributed by atoms with Gasteiger partial charge in [-0.05, 0) is 20.3 Å². The third-order valence-corrected chi connectivity index (χ3v) is 1.70. The van der Waals surface area contributed by atoms with Crippen LogP contribution in [0.25, 0.3) is 0 Å². The molecular weight excluding hydrogens is 152 g/mol. The largest absolute Gasteiger partial charge is 0.379 e. The molecule has 1 unspecified atom stereocenters. The number of unbranched alkanes of at least 4 members (excludes halogenated alkanes) is 2. The van der Waals surface area contributed by atoms with Crippen molar-refractivity contribution in [1.82, 2.24) is 0 Å². The van der Waals surface area contributed by atoms with Crippen LogP contribution in [0.4, 0.5) is 0 Å². The molecule has 0 aliphatic heterocycles. The minimum Gasteiger partial charge on any atom is -0.379 e. The maximum absolute atomic E-state index is 5.43. The third-order valence-electron chi connectivity index (χ3n) is 1.70. The van der Waals surface area contributed by atoms with Gasteiger partial charge >= 0.3 is 0 Å². The van der Waals surface area contributed by atoms with E-state index in [0.29, 0.717) is 0 Å². The molecule has 2 nitrogen and oxygen atoms in total. The van der Waals surface area contributed by atoms with Gasteiger partial charge in [0.05, 0.1) is 12.7 Å². The maximum atomic E-state index is 5.43. The van der Waals surface area contributed by atoms with Gasteiger partial charge in [-0.15, -0.1) is 0 Å². The second kappa shape index (κ2) is 9.01. The van der Waals surface area contributed by atoms with Gasteiger partial charge in [0.1, 0.15) is 0 Å². The molecule has 0 spiro atoms. The highest BCUT2D eigenvalue weighted by Crippen LogP contribution is 1.96. The van der Waals surface area contributed by atoms with E-state index in [1.165, 1.54) is 19.3 Å². The molecule has 1 atom stereocenters. The highest BCUT2D eigenvalue weighted by atomic mass is 16.5. The fraction of sp³-hybridized carbons (Fsp3) is 1.00. The van der Waals surface area contributed by atoms with Crippen molar-refractivity contribution in [3.05, 3.63) is 0 Å². The van der Waals surface area contributed by atoms with Crippen molar-refractivity contribution in [3.8, 4) is 0 Å². The molecule has 2 heteroatoms. The molecule has 0 bridgehead atoms. The van der Waals surface area contributed by atoms with Gasteiger partial charge in [0.25, 0.3) is 0 Å². The van der Waals surface area contributed by atoms with Crippen molar-refractivity contribution >= 4 is 0 Å². The molecule has 0 amide bonds. The Balaban J connectivity index is 2.97. The molecule has 0 heterocycles. The SMILES string of the molecule is CCCCCOCC(C)OCC. The molecule has 0 fully saturated rings. The summed E-state index contributed by atoms with van der Waals surface area (Å²) in [5.41, 5.74) is 0. The Kier molecular flexibility index (Phi) is 8.95. The van der Waals surface area contributed by atoms with Gasteiger partial charge in [-0.3, -0.25) is 0 Å². The van der Waals surface area contributed by atoms with Crippen LogP contribution in [0.3, 0.4) is 0 Å². The average molecular weight is 174 g/mol. The molecular formula is C10H22O2. The summed E-state index contributed by atoms with van der Waals surface area (Å²) in [6.07, 6.45) is 3.94. The lowest BCUT2D eigenvalue weighted by Crippen LogP contribution is -2.16.